The first-order valence-electron chi connectivity index (χ1n) is 3.74. The predicted octanol–water partition coefficient (Wildman–Crippen LogP) is 1.63. The minimum Gasteiger partial charge on any atom is -0.401 e. The first-order chi connectivity index (χ1) is 6.85. The van der Waals surface area contributed by atoms with Crippen LogP contribution in [0.1, 0.15) is 5.56 Å². The molecule has 1 aromatic rings. The zero-order valence-corrected chi connectivity index (χ0v) is 9.46. The summed E-state index contributed by atoms with van der Waals surface area (Å²) in [5.74, 6) is -0.494. The van der Waals surface area contributed by atoms with E-state index in [0.717, 1.165) is 0 Å². The molecule has 0 aromatic carbocycles. The first-order valence-corrected chi connectivity index (χ1v) is 4.81. The van der Waals surface area contributed by atoms with Gasteiger partial charge in [0, 0.05) is 18.3 Å². The number of ether oxygens (including phenoxy) is 1. The van der Waals surface area contributed by atoms with E-state index in [4.69, 9.17) is 11.5 Å². The Kier molecular flexibility index (Phi) is 3.60. The molecule has 0 amide bonds. The Balaban J connectivity index is 3.15. The lowest BCUT2D eigenvalue weighted by Gasteiger charge is -2.14. The summed E-state index contributed by atoms with van der Waals surface area (Å²) in [5.41, 5.74) is 10.9. The number of alkyl halides is 3. The van der Waals surface area contributed by atoms with Crippen molar-refractivity contribution < 1.29 is 17.9 Å². The highest BCUT2D eigenvalue weighted by atomic mass is 127. The van der Waals surface area contributed by atoms with Gasteiger partial charge in [-0.2, -0.15) is 0 Å². The smallest absolute Gasteiger partial charge is 0.401 e. The number of aromatic nitrogens is 1. The Hall–Kier alpha value is -0.770. The largest absolute Gasteiger partial charge is 0.573 e. The molecule has 0 spiro atoms. The second-order valence-electron chi connectivity index (χ2n) is 2.57. The van der Waals surface area contributed by atoms with Crippen molar-refractivity contribution >= 4 is 28.3 Å². The number of halogens is 4. The molecule has 0 aliphatic rings. The van der Waals surface area contributed by atoms with Crippen LogP contribution in [0.4, 0.5) is 18.9 Å². The lowest BCUT2D eigenvalue weighted by Crippen LogP contribution is -2.20. The molecule has 8 heteroatoms. The first kappa shape index (κ1) is 12.3. The molecule has 4 nitrogen and oxygen atoms in total. The second kappa shape index (κ2) is 4.39. The zero-order chi connectivity index (χ0) is 11.6. The third-order valence-electron chi connectivity index (χ3n) is 1.55. The van der Waals surface area contributed by atoms with Crippen LogP contribution in [0.15, 0.2) is 6.20 Å². The second-order valence-corrected chi connectivity index (χ2v) is 3.59. The molecule has 1 rings (SSSR count). The Morgan fingerprint density at radius 3 is 2.53 bits per heavy atom. The van der Waals surface area contributed by atoms with E-state index < -0.39 is 12.1 Å². The van der Waals surface area contributed by atoms with E-state index in [1.165, 1.54) is 6.20 Å². The molecule has 4 N–H and O–H groups in total. The summed E-state index contributed by atoms with van der Waals surface area (Å²) in [4.78, 5) is 3.70. The molecular weight excluding hydrogens is 326 g/mol. The van der Waals surface area contributed by atoms with Crippen LogP contribution in [0.25, 0.3) is 0 Å². The highest BCUT2D eigenvalue weighted by Crippen LogP contribution is 2.33. The van der Waals surface area contributed by atoms with Crippen LogP contribution in [0.3, 0.4) is 0 Å². The van der Waals surface area contributed by atoms with E-state index >= 15 is 0 Å². The van der Waals surface area contributed by atoms with E-state index in [2.05, 4.69) is 9.72 Å². The topological polar surface area (TPSA) is 74.2 Å². The molecule has 0 saturated carbocycles. The Labute approximate surface area is 96.9 Å². The average molecular weight is 333 g/mol. The van der Waals surface area contributed by atoms with Gasteiger partial charge in [-0.25, -0.2) is 4.98 Å². The van der Waals surface area contributed by atoms with Gasteiger partial charge in [0.25, 0.3) is 0 Å². The number of hydrogen-bond donors (Lipinski definition) is 2. The molecule has 0 aliphatic carbocycles. The summed E-state index contributed by atoms with van der Waals surface area (Å²) in [6, 6.07) is 0. The van der Waals surface area contributed by atoms with Crippen LogP contribution >= 0.6 is 22.6 Å². The number of nitrogen functional groups attached to an aromatic ring is 1. The van der Waals surface area contributed by atoms with Crippen molar-refractivity contribution in [2.24, 2.45) is 5.73 Å². The van der Waals surface area contributed by atoms with E-state index in [1.54, 1.807) is 22.6 Å². The molecule has 0 atom stereocenters. The van der Waals surface area contributed by atoms with E-state index in [0.29, 0.717) is 5.56 Å². The normalized spacial score (nSPS) is 11.5. The molecule has 1 aromatic heterocycles. The van der Waals surface area contributed by atoms with Gasteiger partial charge in [0.15, 0.2) is 5.75 Å². The molecule has 0 radical (unpaired) electrons. The summed E-state index contributed by atoms with van der Waals surface area (Å²) in [5, 5.41) is 0. The quantitative estimate of drug-likeness (QED) is 0.637. The van der Waals surface area contributed by atoms with Gasteiger partial charge >= 0.3 is 6.36 Å². The number of rotatable bonds is 2. The maximum Gasteiger partial charge on any atom is 0.573 e. The average Bonchev–Trinajstić information content (AvgIpc) is 2.11. The Morgan fingerprint density at radius 2 is 2.07 bits per heavy atom. The Bertz CT molecular complexity index is 369. The SMILES string of the molecule is NCc1cnc(I)c(OC(F)(F)F)c1N. The van der Waals surface area contributed by atoms with Crippen molar-refractivity contribution in [1.82, 2.24) is 4.98 Å². The van der Waals surface area contributed by atoms with Crippen LogP contribution in [-0.4, -0.2) is 11.3 Å². The maximum atomic E-state index is 12.0. The number of pyridine rings is 1. The summed E-state index contributed by atoms with van der Waals surface area (Å²) < 4.78 is 39.8. The summed E-state index contributed by atoms with van der Waals surface area (Å²) >= 11 is 1.60. The molecule has 0 fully saturated rings. The number of nitrogens with zero attached hydrogens (tertiary/aromatic N) is 1. The van der Waals surface area contributed by atoms with Crippen molar-refractivity contribution in [2.75, 3.05) is 5.73 Å². The lowest BCUT2D eigenvalue weighted by molar-refractivity contribution is -0.274. The monoisotopic (exact) mass is 333 g/mol. The van der Waals surface area contributed by atoms with Gasteiger partial charge in [-0.3, -0.25) is 0 Å². The van der Waals surface area contributed by atoms with E-state index in [-0.39, 0.29) is 15.9 Å². The summed E-state index contributed by atoms with van der Waals surface area (Å²) in [6.45, 7) is 0.00394. The minimum absolute atomic E-state index is 0.00394. The molecular formula is C7H7F3IN3O. The van der Waals surface area contributed by atoms with Crippen molar-refractivity contribution in [3.63, 3.8) is 0 Å². The van der Waals surface area contributed by atoms with Gasteiger partial charge in [-0.15, -0.1) is 13.2 Å². The number of nitrogens with two attached hydrogens (primary N) is 2. The van der Waals surface area contributed by atoms with Gasteiger partial charge in [0.2, 0.25) is 0 Å². The standard InChI is InChI=1S/C7H7F3IN3O/c8-7(9,10)15-5-4(13)3(1-12)2-14-6(5)11/h2H,1,12H2,(H2,13,14). The zero-order valence-electron chi connectivity index (χ0n) is 7.31. The highest BCUT2D eigenvalue weighted by Gasteiger charge is 2.33. The van der Waals surface area contributed by atoms with Crippen LogP contribution in [0.2, 0.25) is 0 Å². The van der Waals surface area contributed by atoms with Crippen molar-refractivity contribution in [2.45, 2.75) is 12.9 Å². The fourth-order valence-corrected chi connectivity index (χ4v) is 1.44. The molecule has 0 saturated heterocycles. The molecule has 0 aliphatic heterocycles. The van der Waals surface area contributed by atoms with Gasteiger partial charge in [0.05, 0.1) is 5.69 Å². The lowest BCUT2D eigenvalue weighted by atomic mass is 10.2. The third-order valence-corrected chi connectivity index (χ3v) is 2.32. The van der Waals surface area contributed by atoms with Gasteiger partial charge in [-0.1, -0.05) is 0 Å². The predicted molar refractivity (Wildman–Crippen MR) is 55.9 cm³/mol. The Morgan fingerprint density at radius 1 is 1.47 bits per heavy atom. The fourth-order valence-electron chi connectivity index (χ4n) is 0.895. The number of hydrogen-bond acceptors (Lipinski definition) is 4. The fraction of sp³-hybridized carbons (Fsp3) is 0.286. The van der Waals surface area contributed by atoms with Crippen LogP contribution in [0, 0.1) is 3.70 Å². The molecule has 0 unspecified atom stereocenters. The van der Waals surface area contributed by atoms with Crippen molar-refractivity contribution in [1.29, 1.82) is 0 Å². The van der Waals surface area contributed by atoms with Crippen LogP contribution in [0.5, 0.6) is 5.75 Å². The summed E-state index contributed by atoms with van der Waals surface area (Å²) in [6.07, 6.45) is -3.47. The molecule has 1 heterocycles. The van der Waals surface area contributed by atoms with Crippen molar-refractivity contribution in [3.8, 4) is 5.75 Å². The van der Waals surface area contributed by atoms with Gasteiger partial charge in [0.1, 0.15) is 3.70 Å². The molecule has 15 heavy (non-hydrogen) atoms. The summed E-state index contributed by atoms with van der Waals surface area (Å²) in [7, 11) is 0. The number of anilines is 1. The van der Waals surface area contributed by atoms with Gasteiger partial charge < -0.3 is 16.2 Å². The van der Waals surface area contributed by atoms with Crippen LogP contribution in [-0.2, 0) is 6.54 Å². The third kappa shape index (κ3) is 3.09. The van der Waals surface area contributed by atoms with Crippen molar-refractivity contribution in [3.05, 3.63) is 15.5 Å². The highest BCUT2D eigenvalue weighted by molar-refractivity contribution is 14.1. The molecule has 84 valence electrons. The van der Waals surface area contributed by atoms with E-state index in [9.17, 15) is 13.2 Å². The van der Waals surface area contributed by atoms with E-state index in [1.807, 2.05) is 0 Å². The van der Waals surface area contributed by atoms with Gasteiger partial charge in [-0.05, 0) is 22.6 Å². The minimum atomic E-state index is -4.79. The maximum absolute atomic E-state index is 12.0. The molecule has 0 bridgehead atoms. The van der Waals surface area contributed by atoms with Crippen LogP contribution < -0.4 is 16.2 Å².